The van der Waals surface area contributed by atoms with Gasteiger partial charge in [-0.2, -0.15) is 0 Å². The molecular weight excluding hydrogens is 865 g/mol. The van der Waals surface area contributed by atoms with Crippen LogP contribution in [0.5, 0.6) is 0 Å². The third-order valence-electron chi connectivity index (χ3n) is 6.19. The highest BCUT2D eigenvalue weighted by atomic mass is 35.5. The van der Waals surface area contributed by atoms with E-state index in [1.54, 1.807) is 48.5 Å². The predicted octanol–water partition coefficient (Wildman–Crippen LogP) is 3.74. The number of thiophene rings is 2. The summed E-state index contributed by atoms with van der Waals surface area (Å²) in [5.74, 6) is -1.59. The topological polar surface area (TPSA) is 267 Å². The Hall–Kier alpha value is -3.68. The van der Waals surface area contributed by atoms with E-state index in [1.165, 1.54) is 12.1 Å². The number of benzene rings is 2. The van der Waals surface area contributed by atoms with E-state index in [0.717, 1.165) is 61.4 Å². The maximum atomic E-state index is 10.1. The molecule has 0 atom stereocenters. The summed E-state index contributed by atoms with van der Waals surface area (Å²) in [4.78, 5) is 36.9. The fraction of sp³-hybridized carbons (Fsp3) is 0.188. The molecular formula is C32H34Cl6N10O4S2. The lowest BCUT2D eigenvalue weighted by atomic mass is 10.2. The molecule has 0 amide bonds. The number of carboxylic acid groups (broad SMARTS) is 2. The van der Waals surface area contributed by atoms with Crippen LogP contribution in [-0.2, 0) is 0 Å². The minimum atomic E-state index is -1.25. The molecule has 0 bridgehead atoms. The van der Waals surface area contributed by atoms with Gasteiger partial charge in [0, 0.05) is 10.0 Å². The molecule has 0 aliphatic heterocycles. The molecule has 2 aromatic carbocycles. The van der Waals surface area contributed by atoms with Gasteiger partial charge in [0.2, 0.25) is 11.9 Å². The molecule has 12 N–H and O–H groups in total. The highest BCUT2D eigenvalue weighted by Gasteiger charge is 2.06. The van der Waals surface area contributed by atoms with Crippen LogP contribution in [-0.4, -0.2) is 48.9 Å². The lowest BCUT2D eigenvalue weighted by Crippen LogP contribution is -2.91. The number of nitrogens with two attached hydrogens (primary N) is 6. The summed E-state index contributed by atoms with van der Waals surface area (Å²) < 4.78 is 0.557. The first-order chi connectivity index (χ1) is 25.5. The Labute approximate surface area is 348 Å². The largest absolute Gasteiger partial charge is 0.544 e. The van der Waals surface area contributed by atoms with E-state index >= 15 is 0 Å². The van der Waals surface area contributed by atoms with Crippen molar-refractivity contribution in [3.8, 4) is 0 Å². The summed E-state index contributed by atoms with van der Waals surface area (Å²) in [6.45, 7) is 1.63. The molecule has 4 rings (SSSR count). The van der Waals surface area contributed by atoms with Crippen LogP contribution in [0.1, 0.15) is 45.0 Å². The molecule has 0 unspecified atom stereocenters. The Balaban J connectivity index is 0.000000404. The van der Waals surface area contributed by atoms with Crippen LogP contribution < -0.4 is 43.8 Å². The van der Waals surface area contributed by atoms with E-state index < -0.39 is 11.9 Å². The van der Waals surface area contributed by atoms with Gasteiger partial charge in [-0.3, -0.25) is 10.6 Å². The Morgan fingerprint density at radius 2 is 0.907 bits per heavy atom. The molecule has 14 nitrogen and oxygen atoms in total. The molecule has 290 valence electrons. The standard InChI is InChI=1S/C22H30Cl2N10.2C5H2Cl2O2S/c23-15-5-9-17(10-6-15)31-21(27)33-19(25)29-13-3-1-2-4-14-30-20(26)34-22(28)32-18-11-7-16(24)8-12-18;2*6-2-1-3(5(8)9)10-4(2)7/h5-12H,1-4,13-14H2,(H5,25,27,29,31,33)(H5,26,28,30,32,34);2*1H,(H,8,9). The second-order valence-corrected chi connectivity index (χ2v) is 15.4. The normalized spacial score (nSPS) is 12.0. The highest BCUT2D eigenvalue weighted by molar-refractivity contribution is 7.19. The van der Waals surface area contributed by atoms with Gasteiger partial charge in [0.15, 0.2) is 0 Å². The summed E-state index contributed by atoms with van der Waals surface area (Å²) in [5.41, 5.74) is 24.8. The van der Waals surface area contributed by atoms with Crippen molar-refractivity contribution < 1.29 is 30.4 Å². The number of rotatable bonds is 11. The molecule has 54 heavy (non-hydrogen) atoms. The number of halogens is 6. The third kappa shape index (κ3) is 19.1. The number of hydrogen-bond acceptors (Lipinski definition) is 8. The maximum Gasteiger partial charge on any atom is 0.299 e. The van der Waals surface area contributed by atoms with Gasteiger partial charge in [0.25, 0.3) is 11.9 Å². The van der Waals surface area contributed by atoms with Crippen molar-refractivity contribution in [2.24, 2.45) is 42.9 Å². The number of carbonyl (C=O) groups is 2. The summed E-state index contributed by atoms with van der Waals surface area (Å²) in [6.07, 6.45) is 4.11. The number of carbonyl (C=O) groups excluding carboxylic acids is 2. The van der Waals surface area contributed by atoms with Gasteiger partial charge in [-0.1, -0.05) is 69.6 Å². The van der Waals surface area contributed by atoms with Gasteiger partial charge in [0.1, 0.15) is 8.67 Å². The average molecular weight is 900 g/mol. The number of nitrogens with zero attached hydrogens (tertiary/aromatic N) is 4. The van der Waals surface area contributed by atoms with Gasteiger partial charge < -0.3 is 42.7 Å². The summed E-state index contributed by atoms with van der Waals surface area (Å²) in [5, 5.41) is 25.8. The van der Waals surface area contributed by atoms with Crippen molar-refractivity contribution in [3.63, 3.8) is 0 Å². The number of quaternary nitrogens is 2. The lowest BCUT2D eigenvalue weighted by molar-refractivity contribution is -0.544. The Bertz CT molecular complexity index is 1770. The first-order valence-electron chi connectivity index (χ1n) is 15.4. The first kappa shape index (κ1) is 46.5. The van der Waals surface area contributed by atoms with Crippen LogP contribution in [0.15, 0.2) is 80.6 Å². The lowest BCUT2D eigenvalue weighted by Gasteiger charge is -2.02. The third-order valence-corrected chi connectivity index (χ3v) is 10.4. The fourth-order valence-corrected chi connectivity index (χ4v) is 6.40. The zero-order chi connectivity index (χ0) is 40.2. The molecule has 0 saturated carbocycles. The molecule has 0 aliphatic carbocycles. The summed E-state index contributed by atoms with van der Waals surface area (Å²) >= 11 is 35.3. The van der Waals surface area contributed by atoms with E-state index in [0.29, 0.717) is 33.3 Å². The first-order valence-corrected chi connectivity index (χ1v) is 19.3. The second kappa shape index (κ2) is 24.7. The van der Waals surface area contributed by atoms with E-state index in [4.69, 9.17) is 92.5 Å². The molecule has 0 fully saturated rings. The van der Waals surface area contributed by atoms with E-state index in [2.05, 4.69) is 20.0 Å². The fourth-order valence-electron chi connectivity index (χ4n) is 3.74. The number of carboxylic acids is 2. The zero-order valence-electron chi connectivity index (χ0n) is 28.0. The molecule has 0 spiro atoms. The van der Waals surface area contributed by atoms with Crippen molar-refractivity contribution in [2.45, 2.75) is 25.7 Å². The molecule has 22 heteroatoms. The van der Waals surface area contributed by atoms with Gasteiger partial charge in [-0.25, -0.2) is 9.98 Å². The minimum absolute atomic E-state index is 0.0509. The average Bonchev–Trinajstić information content (AvgIpc) is 3.64. The quantitative estimate of drug-likeness (QED) is 0.0732. The Morgan fingerprint density at radius 1 is 0.574 bits per heavy atom. The maximum absolute atomic E-state index is 10.1. The number of aliphatic imine (C=N–C) groups is 4. The Morgan fingerprint density at radius 3 is 1.17 bits per heavy atom. The number of hydrogen-bond donors (Lipinski definition) is 6. The van der Waals surface area contributed by atoms with Gasteiger partial charge in [-0.15, -0.1) is 32.7 Å². The van der Waals surface area contributed by atoms with Crippen molar-refractivity contribution in [2.75, 3.05) is 13.1 Å². The molecule has 0 saturated heterocycles. The van der Waals surface area contributed by atoms with Crippen molar-refractivity contribution in [1.29, 1.82) is 0 Å². The monoisotopic (exact) mass is 896 g/mol. The van der Waals surface area contributed by atoms with E-state index in [9.17, 15) is 19.8 Å². The SMILES string of the molecule is NC(=Nc1ccc(Cl)cc1)/N=C(/N)[NH2+]CCCCCC[NH2+]/C(N)=N/C(N)=Nc1ccc(Cl)cc1.O=C([O-])c1cc(Cl)c(Cl)s1.O=C([O-])c1cc(Cl)c(Cl)s1. The van der Waals surface area contributed by atoms with E-state index in [-0.39, 0.29) is 40.4 Å². The van der Waals surface area contributed by atoms with Crippen LogP contribution in [0.3, 0.4) is 0 Å². The number of guanidine groups is 4. The highest BCUT2D eigenvalue weighted by Crippen LogP contribution is 2.31. The van der Waals surface area contributed by atoms with Crippen LogP contribution in [0.2, 0.25) is 28.8 Å². The smallest absolute Gasteiger partial charge is 0.299 e. The van der Waals surface area contributed by atoms with Gasteiger partial charge in [-0.05, 0) is 86.3 Å². The molecule has 4 aromatic rings. The zero-order valence-corrected chi connectivity index (χ0v) is 34.2. The van der Waals surface area contributed by atoms with E-state index in [1.807, 2.05) is 10.6 Å². The predicted molar refractivity (Wildman–Crippen MR) is 218 cm³/mol. The van der Waals surface area contributed by atoms with Crippen molar-refractivity contribution >= 4 is 139 Å². The molecule has 0 aliphatic rings. The molecule has 0 radical (unpaired) electrons. The minimum Gasteiger partial charge on any atom is -0.544 e. The number of aromatic carboxylic acids is 2. The van der Waals surface area contributed by atoms with Crippen LogP contribution in [0.25, 0.3) is 0 Å². The Kier molecular flexibility index (Phi) is 21.2. The second-order valence-electron chi connectivity index (χ2n) is 10.4. The summed E-state index contributed by atoms with van der Waals surface area (Å²) in [7, 11) is 0. The summed E-state index contributed by atoms with van der Waals surface area (Å²) in [6, 6.07) is 16.5. The van der Waals surface area contributed by atoms with Crippen molar-refractivity contribution in [1.82, 2.24) is 0 Å². The molecule has 2 aromatic heterocycles. The van der Waals surface area contributed by atoms with Crippen LogP contribution in [0.4, 0.5) is 11.4 Å². The van der Waals surface area contributed by atoms with Crippen LogP contribution in [0, 0.1) is 0 Å². The van der Waals surface area contributed by atoms with Gasteiger partial charge >= 0.3 is 0 Å². The van der Waals surface area contributed by atoms with Crippen LogP contribution >= 0.6 is 92.3 Å². The van der Waals surface area contributed by atoms with Gasteiger partial charge in [0.05, 0.1) is 56.2 Å². The number of unbranched alkanes of at least 4 members (excludes halogenated alkanes) is 3. The van der Waals surface area contributed by atoms with Crippen molar-refractivity contribution in [3.05, 3.63) is 99.2 Å². The molecule has 2 heterocycles.